The number of para-hydroxylation sites is 2. The van der Waals surface area contributed by atoms with Crippen LogP contribution in [0.15, 0.2) is 52.1 Å². The lowest BCUT2D eigenvalue weighted by atomic mass is 9.99. The third-order valence-electron chi connectivity index (χ3n) is 7.22. The molecule has 0 saturated carbocycles. The molecule has 1 unspecified atom stereocenters. The summed E-state index contributed by atoms with van der Waals surface area (Å²) in [7, 11) is 0. The fourth-order valence-corrected chi connectivity index (χ4v) is 5.85. The second kappa shape index (κ2) is 6.81. The Labute approximate surface area is 174 Å². The van der Waals surface area contributed by atoms with Gasteiger partial charge < -0.3 is 4.98 Å². The number of aromatic amines is 1. The van der Waals surface area contributed by atoms with Crippen molar-refractivity contribution in [2.75, 3.05) is 13.1 Å². The van der Waals surface area contributed by atoms with E-state index in [9.17, 15) is 9.59 Å². The van der Waals surface area contributed by atoms with Gasteiger partial charge in [0.15, 0.2) is 0 Å². The molecule has 1 aliphatic heterocycles. The Morgan fingerprint density at radius 2 is 1.80 bits per heavy atom. The lowest BCUT2D eigenvalue weighted by Crippen LogP contribution is -2.43. The standard InChI is InChI=1S/C25H25N3O2/c29-24-25(30)28(21-10-2-1-9-20(21)26-24)18-11-13-27(14-12-18)22-15-17-7-3-5-16-6-4-8-19(22)23(16)17/h1-2,4-6,8-10,18,22H,3,7,11-15H2,(H,26,29). The Kier molecular flexibility index (Phi) is 4.06. The van der Waals surface area contributed by atoms with Gasteiger partial charge >= 0.3 is 11.1 Å². The number of likely N-dealkylation sites (tertiary alicyclic amines) is 1. The van der Waals surface area contributed by atoms with Crippen LogP contribution in [0.3, 0.4) is 0 Å². The summed E-state index contributed by atoms with van der Waals surface area (Å²) in [5, 5.41) is 2.92. The number of fused-ring (bicyclic) bond motifs is 1. The first-order valence-corrected chi connectivity index (χ1v) is 11.0. The smallest absolute Gasteiger partial charge is 0.316 e. The van der Waals surface area contributed by atoms with Crippen molar-refractivity contribution < 1.29 is 0 Å². The molecule has 2 aromatic carbocycles. The quantitative estimate of drug-likeness (QED) is 0.672. The van der Waals surface area contributed by atoms with Crippen LogP contribution in [0.5, 0.6) is 0 Å². The first kappa shape index (κ1) is 17.9. The van der Waals surface area contributed by atoms with Gasteiger partial charge in [-0.05, 0) is 60.2 Å². The Morgan fingerprint density at radius 1 is 0.967 bits per heavy atom. The number of piperidine rings is 1. The molecule has 152 valence electrons. The normalized spacial score (nSPS) is 21.6. The van der Waals surface area contributed by atoms with Gasteiger partial charge in [-0.25, -0.2) is 0 Å². The van der Waals surface area contributed by atoms with Gasteiger partial charge in [0.2, 0.25) is 0 Å². The zero-order chi connectivity index (χ0) is 20.2. The summed E-state index contributed by atoms with van der Waals surface area (Å²) in [6.45, 7) is 1.90. The highest BCUT2D eigenvalue weighted by Gasteiger charge is 2.32. The molecule has 1 aromatic heterocycles. The van der Waals surface area contributed by atoms with Gasteiger partial charge in [-0.3, -0.25) is 19.1 Å². The zero-order valence-electron chi connectivity index (χ0n) is 16.9. The molecule has 0 bridgehead atoms. The van der Waals surface area contributed by atoms with Crippen LogP contribution in [0.4, 0.5) is 0 Å². The molecule has 0 radical (unpaired) electrons. The molecular formula is C25H25N3O2. The van der Waals surface area contributed by atoms with Crippen molar-refractivity contribution in [3.05, 3.63) is 79.2 Å². The lowest BCUT2D eigenvalue weighted by molar-refractivity contribution is 0.138. The summed E-state index contributed by atoms with van der Waals surface area (Å²) in [5.41, 5.74) is 3.70. The molecule has 0 amide bonds. The van der Waals surface area contributed by atoms with E-state index in [-0.39, 0.29) is 6.04 Å². The minimum absolute atomic E-state index is 0.0700. The van der Waals surface area contributed by atoms with Crippen LogP contribution >= 0.6 is 0 Å². The number of H-pyrrole nitrogens is 1. The van der Waals surface area contributed by atoms with Crippen LogP contribution in [0.2, 0.25) is 0 Å². The molecule has 2 heterocycles. The Morgan fingerprint density at radius 3 is 2.67 bits per heavy atom. The van der Waals surface area contributed by atoms with Gasteiger partial charge in [0, 0.05) is 25.2 Å². The number of benzene rings is 2. The highest BCUT2D eigenvalue weighted by molar-refractivity contribution is 5.74. The van der Waals surface area contributed by atoms with Crippen LogP contribution in [-0.4, -0.2) is 27.5 Å². The van der Waals surface area contributed by atoms with Gasteiger partial charge in [-0.2, -0.15) is 0 Å². The number of rotatable bonds is 2. The van der Waals surface area contributed by atoms with Gasteiger partial charge in [-0.1, -0.05) is 42.0 Å². The number of hydrogen-bond acceptors (Lipinski definition) is 3. The summed E-state index contributed by atoms with van der Waals surface area (Å²) in [5.74, 6) is 0. The first-order chi connectivity index (χ1) is 14.7. The average Bonchev–Trinajstić information content (AvgIpc) is 3.16. The maximum Gasteiger partial charge on any atom is 0.316 e. The predicted molar refractivity (Wildman–Crippen MR) is 119 cm³/mol. The van der Waals surface area contributed by atoms with Crippen molar-refractivity contribution in [2.45, 2.75) is 44.2 Å². The van der Waals surface area contributed by atoms with Gasteiger partial charge in [0.1, 0.15) is 0 Å². The molecule has 1 N–H and O–H groups in total. The molecule has 5 heteroatoms. The Hall–Kier alpha value is -2.92. The molecule has 2 aliphatic carbocycles. The molecule has 30 heavy (non-hydrogen) atoms. The van der Waals surface area contributed by atoms with E-state index in [1.54, 1.807) is 10.1 Å². The fourth-order valence-electron chi connectivity index (χ4n) is 5.85. The zero-order valence-corrected chi connectivity index (χ0v) is 16.9. The van der Waals surface area contributed by atoms with Crippen LogP contribution < -0.4 is 21.6 Å². The van der Waals surface area contributed by atoms with Crippen LogP contribution in [-0.2, 0) is 0 Å². The monoisotopic (exact) mass is 399 g/mol. The number of nitrogens with one attached hydrogen (secondary N) is 1. The minimum atomic E-state index is -0.526. The van der Waals surface area contributed by atoms with Crippen molar-refractivity contribution in [3.63, 3.8) is 0 Å². The topological polar surface area (TPSA) is 58.1 Å². The third-order valence-corrected chi connectivity index (χ3v) is 7.22. The van der Waals surface area contributed by atoms with E-state index in [0.29, 0.717) is 6.04 Å². The maximum absolute atomic E-state index is 12.7. The summed E-state index contributed by atoms with van der Waals surface area (Å²) in [4.78, 5) is 30.2. The molecule has 1 fully saturated rings. The third kappa shape index (κ3) is 2.65. The molecule has 1 atom stereocenters. The van der Waals surface area contributed by atoms with Gasteiger partial charge in [-0.15, -0.1) is 0 Å². The lowest BCUT2D eigenvalue weighted by Gasteiger charge is -2.37. The summed E-state index contributed by atoms with van der Waals surface area (Å²) in [6, 6.07) is 14.9. The van der Waals surface area contributed by atoms with Crippen molar-refractivity contribution in [2.24, 2.45) is 0 Å². The van der Waals surface area contributed by atoms with E-state index in [0.717, 1.165) is 49.8 Å². The minimum Gasteiger partial charge on any atom is -0.316 e. The summed E-state index contributed by atoms with van der Waals surface area (Å²) < 4.78 is 1.74. The number of aromatic nitrogens is 2. The summed E-state index contributed by atoms with van der Waals surface area (Å²) >= 11 is 0. The van der Waals surface area contributed by atoms with E-state index in [2.05, 4.69) is 34.2 Å². The molecule has 1 saturated heterocycles. The molecule has 6 rings (SSSR count). The maximum atomic E-state index is 12.7. The van der Waals surface area contributed by atoms with Gasteiger partial charge in [0.05, 0.1) is 11.0 Å². The highest BCUT2D eigenvalue weighted by Crippen LogP contribution is 2.36. The fraction of sp³-hybridized carbons (Fsp3) is 0.360. The van der Waals surface area contributed by atoms with Crippen LogP contribution in [0.25, 0.3) is 22.7 Å². The average molecular weight is 399 g/mol. The number of nitrogens with zero attached hydrogens (tertiary/aromatic N) is 2. The largest absolute Gasteiger partial charge is 0.316 e. The SMILES string of the molecule is O=c1[nH]c2ccccc2n(C2CCN(C3CC4=c5c3cccc5=CCC4)CC2)c1=O. The molecule has 3 aliphatic rings. The first-order valence-electron chi connectivity index (χ1n) is 11.0. The number of hydrogen-bond donors (Lipinski definition) is 1. The predicted octanol–water partition coefficient (Wildman–Crippen LogP) is 2.20. The molecular weight excluding hydrogens is 374 g/mol. The highest BCUT2D eigenvalue weighted by atomic mass is 16.2. The Balaban J connectivity index is 1.30. The molecule has 3 aromatic rings. The van der Waals surface area contributed by atoms with Gasteiger partial charge in [0.25, 0.3) is 0 Å². The van der Waals surface area contributed by atoms with E-state index >= 15 is 0 Å². The second-order valence-corrected chi connectivity index (χ2v) is 8.79. The van der Waals surface area contributed by atoms with E-state index in [1.165, 1.54) is 22.4 Å². The van der Waals surface area contributed by atoms with E-state index in [1.807, 2.05) is 24.3 Å². The van der Waals surface area contributed by atoms with Crippen molar-refractivity contribution in [3.8, 4) is 0 Å². The summed E-state index contributed by atoms with van der Waals surface area (Å²) in [6.07, 6.45) is 7.63. The van der Waals surface area contributed by atoms with Crippen LogP contribution in [0.1, 0.15) is 49.8 Å². The van der Waals surface area contributed by atoms with E-state index < -0.39 is 11.1 Å². The molecule has 0 spiro atoms. The van der Waals surface area contributed by atoms with Crippen molar-refractivity contribution in [1.82, 2.24) is 14.5 Å². The van der Waals surface area contributed by atoms with E-state index in [4.69, 9.17) is 0 Å². The molecule has 5 nitrogen and oxygen atoms in total. The Bertz CT molecular complexity index is 1390. The second-order valence-electron chi connectivity index (χ2n) is 8.79. The van der Waals surface area contributed by atoms with Crippen molar-refractivity contribution >= 4 is 22.7 Å². The van der Waals surface area contributed by atoms with Crippen LogP contribution in [0, 0.1) is 0 Å². The van der Waals surface area contributed by atoms with Crippen molar-refractivity contribution in [1.29, 1.82) is 0 Å².